The maximum absolute atomic E-state index is 12.0. The van der Waals surface area contributed by atoms with Crippen LogP contribution >= 0.6 is 0 Å². The molecule has 0 amide bonds. The fourth-order valence-electron chi connectivity index (χ4n) is 3.12. The van der Waals surface area contributed by atoms with Gasteiger partial charge in [0.2, 0.25) is 10.0 Å². The molecule has 1 fully saturated rings. The lowest BCUT2D eigenvalue weighted by Gasteiger charge is -2.46. The van der Waals surface area contributed by atoms with Crippen LogP contribution in [0.1, 0.15) is 13.3 Å². The van der Waals surface area contributed by atoms with E-state index in [0.717, 1.165) is 5.39 Å². The number of H-pyrrole nitrogens is 1. The van der Waals surface area contributed by atoms with Crippen molar-refractivity contribution in [3.8, 4) is 17.5 Å². The van der Waals surface area contributed by atoms with Gasteiger partial charge in [0.1, 0.15) is 28.9 Å². The van der Waals surface area contributed by atoms with Crippen LogP contribution in [-0.4, -0.2) is 61.5 Å². The van der Waals surface area contributed by atoms with Crippen molar-refractivity contribution < 1.29 is 8.42 Å². The molecule has 1 aliphatic rings. The lowest BCUT2D eigenvalue weighted by Crippen LogP contribution is -2.64. The molecule has 26 heavy (non-hydrogen) atoms. The van der Waals surface area contributed by atoms with E-state index in [1.807, 2.05) is 6.07 Å². The zero-order chi connectivity index (χ0) is 18.4. The van der Waals surface area contributed by atoms with Gasteiger partial charge in [-0.2, -0.15) is 24.6 Å². The van der Waals surface area contributed by atoms with Crippen molar-refractivity contribution in [2.45, 2.75) is 18.9 Å². The predicted octanol–water partition coefficient (Wildman–Crippen LogP) is 0.491. The van der Waals surface area contributed by atoms with Gasteiger partial charge in [-0.05, 0) is 13.0 Å². The molecular formula is C15H16N8O2S. The number of fused-ring (bicyclic) bond motifs is 1. The molecule has 3 aromatic heterocycles. The van der Waals surface area contributed by atoms with Crippen molar-refractivity contribution in [2.24, 2.45) is 0 Å². The van der Waals surface area contributed by atoms with E-state index in [2.05, 4.69) is 31.2 Å². The first kappa shape index (κ1) is 16.6. The molecule has 10 nitrogen and oxygen atoms in total. The van der Waals surface area contributed by atoms with E-state index >= 15 is 0 Å². The summed E-state index contributed by atoms with van der Waals surface area (Å²) in [7, 11) is -3.30. The van der Waals surface area contributed by atoms with Crippen LogP contribution in [0.2, 0.25) is 0 Å². The Labute approximate surface area is 149 Å². The number of hydrogen-bond donors (Lipinski definition) is 1. The van der Waals surface area contributed by atoms with E-state index in [4.69, 9.17) is 0 Å². The third-order valence-corrected chi connectivity index (χ3v) is 6.39. The van der Waals surface area contributed by atoms with Crippen LogP contribution in [0.25, 0.3) is 22.4 Å². The fourth-order valence-corrected chi connectivity index (χ4v) is 4.36. The molecule has 0 aromatic carbocycles. The summed E-state index contributed by atoms with van der Waals surface area (Å²) in [4.78, 5) is 12.9. The molecule has 3 aromatic rings. The van der Waals surface area contributed by atoms with Gasteiger partial charge in [-0.3, -0.25) is 0 Å². The molecule has 1 N–H and O–H groups in total. The van der Waals surface area contributed by atoms with Crippen LogP contribution in [-0.2, 0) is 15.6 Å². The van der Waals surface area contributed by atoms with Gasteiger partial charge in [0.05, 0.1) is 24.4 Å². The lowest BCUT2D eigenvalue weighted by molar-refractivity contribution is 0.0575. The van der Waals surface area contributed by atoms with Crippen LogP contribution in [0.15, 0.2) is 24.8 Å². The van der Waals surface area contributed by atoms with Gasteiger partial charge in [-0.15, -0.1) is 0 Å². The molecule has 1 saturated heterocycles. The second-order valence-electron chi connectivity index (χ2n) is 6.21. The van der Waals surface area contributed by atoms with Gasteiger partial charge < -0.3 is 4.98 Å². The van der Waals surface area contributed by atoms with Crippen molar-refractivity contribution in [3.63, 3.8) is 0 Å². The molecule has 4 rings (SSSR count). The average Bonchev–Trinajstić information content (AvgIpc) is 3.26. The first-order valence-electron chi connectivity index (χ1n) is 8.05. The van der Waals surface area contributed by atoms with Crippen molar-refractivity contribution >= 4 is 21.1 Å². The summed E-state index contributed by atoms with van der Waals surface area (Å²) in [6.07, 6.45) is 4.91. The zero-order valence-electron chi connectivity index (χ0n) is 14.0. The molecule has 0 unspecified atom stereocenters. The van der Waals surface area contributed by atoms with E-state index in [1.165, 1.54) is 15.4 Å². The van der Waals surface area contributed by atoms with Crippen molar-refractivity contribution in [3.05, 3.63) is 24.8 Å². The normalized spacial score (nSPS) is 17.1. The summed E-state index contributed by atoms with van der Waals surface area (Å²) >= 11 is 0. The molecule has 0 atom stereocenters. The summed E-state index contributed by atoms with van der Waals surface area (Å²) in [5, 5.41) is 18.8. The monoisotopic (exact) mass is 372 g/mol. The number of nitrogens with one attached hydrogen (secondary N) is 1. The fraction of sp³-hybridized carbons (Fsp3) is 0.400. The first-order chi connectivity index (χ1) is 12.5. The highest BCUT2D eigenvalue weighted by molar-refractivity contribution is 7.89. The molecule has 0 saturated carbocycles. The van der Waals surface area contributed by atoms with Crippen LogP contribution < -0.4 is 0 Å². The van der Waals surface area contributed by atoms with Gasteiger partial charge in [0, 0.05) is 24.7 Å². The molecule has 134 valence electrons. The van der Waals surface area contributed by atoms with Crippen LogP contribution in [0.5, 0.6) is 0 Å². The summed E-state index contributed by atoms with van der Waals surface area (Å²) in [6.45, 7) is 1.98. The van der Waals surface area contributed by atoms with Gasteiger partial charge >= 0.3 is 0 Å². The largest absolute Gasteiger partial charge is 0.346 e. The minimum absolute atomic E-state index is 0.0276. The highest BCUT2D eigenvalue weighted by Gasteiger charge is 2.50. The number of sulfonamides is 1. The molecule has 1 aliphatic heterocycles. The minimum Gasteiger partial charge on any atom is -0.346 e. The summed E-state index contributed by atoms with van der Waals surface area (Å²) < 4.78 is 25.4. The molecule has 0 aliphatic carbocycles. The van der Waals surface area contributed by atoms with Gasteiger partial charge in [-0.25, -0.2) is 18.4 Å². The second kappa shape index (κ2) is 5.86. The third-order valence-electron chi connectivity index (χ3n) is 4.62. The number of nitrogens with zero attached hydrogens (tertiary/aromatic N) is 7. The standard InChI is InChI=1S/C15H16N8O2S/c1-2-26(24,25)22-8-15(9-22,4-5-16)23-20-7-12(21-23)13-11-3-6-17-14(11)19-10-18-13/h3,6-7,10H,2,4,8-9H2,1H3,(H,17,18,19). The van der Waals surface area contributed by atoms with Crippen molar-refractivity contribution in [2.75, 3.05) is 18.8 Å². The smallest absolute Gasteiger partial charge is 0.213 e. The van der Waals surface area contributed by atoms with E-state index in [9.17, 15) is 13.7 Å². The Balaban J connectivity index is 1.69. The Morgan fingerprint density at radius 3 is 2.92 bits per heavy atom. The summed E-state index contributed by atoms with van der Waals surface area (Å²) in [6, 6.07) is 3.98. The Morgan fingerprint density at radius 1 is 1.38 bits per heavy atom. The van der Waals surface area contributed by atoms with Gasteiger partial charge in [0.15, 0.2) is 0 Å². The Kier molecular flexibility index (Phi) is 3.74. The maximum atomic E-state index is 12.0. The Bertz CT molecular complexity index is 1100. The molecular weight excluding hydrogens is 356 g/mol. The first-order valence-corrected chi connectivity index (χ1v) is 9.66. The topological polar surface area (TPSA) is 133 Å². The van der Waals surface area contributed by atoms with Crippen LogP contribution in [0.4, 0.5) is 0 Å². The number of rotatable bonds is 5. The molecule has 11 heteroatoms. The van der Waals surface area contributed by atoms with E-state index in [0.29, 0.717) is 17.0 Å². The summed E-state index contributed by atoms with van der Waals surface area (Å²) in [5.41, 5.74) is 1.12. The molecule has 4 heterocycles. The number of aromatic amines is 1. The number of hydrogen-bond acceptors (Lipinski definition) is 7. The molecule has 0 bridgehead atoms. The molecule has 0 spiro atoms. The average molecular weight is 372 g/mol. The van der Waals surface area contributed by atoms with Crippen molar-refractivity contribution in [1.29, 1.82) is 5.26 Å². The van der Waals surface area contributed by atoms with Crippen LogP contribution in [0, 0.1) is 11.3 Å². The Hall–Kier alpha value is -2.84. The third kappa shape index (κ3) is 2.46. The lowest BCUT2D eigenvalue weighted by atomic mass is 9.90. The number of nitriles is 1. The minimum atomic E-state index is -3.30. The Morgan fingerprint density at radius 2 is 2.19 bits per heavy atom. The van der Waals surface area contributed by atoms with Crippen LogP contribution in [0.3, 0.4) is 0 Å². The predicted molar refractivity (Wildman–Crippen MR) is 92.1 cm³/mol. The summed E-state index contributed by atoms with van der Waals surface area (Å²) in [5.74, 6) is 0.0276. The zero-order valence-corrected chi connectivity index (χ0v) is 14.8. The maximum Gasteiger partial charge on any atom is 0.213 e. The highest BCUT2D eigenvalue weighted by atomic mass is 32.2. The van der Waals surface area contributed by atoms with E-state index < -0.39 is 15.6 Å². The second-order valence-corrected chi connectivity index (χ2v) is 8.47. The molecule has 0 radical (unpaired) electrons. The van der Waals surface area contributed by atoms with Gasteiger partial charge in [0.25, 0.3) is 0 Å². The number of aromatic nitrogens is 6. The SMILES string of the molecule is CCS(=O)(=O)N1CC(CC#N)(n2ncc(-c3ncnc4[nH]ccc34)n2)C1. The quantitative estimate of drug-likeness (QED) is 0.689. The van der Waals surface area contributed by atoms with E-state index in [-0.39, 0.29) is 25.3 Å². The van der Waals surface area contributed by atoms with Gasteiger partial charge in [-0.1, -0.05) is 0 Å². The highest BCUT2D eigenvalue weighted by Crippen LogP contribution is 2.34. The van der Waals surface area contributed by atoms with E-state index in [1.54, 1.807) is 19.3 Å². The van der Waals surface area contributed by atoms with Crippen molar-refractivity contribution in [1.82, 2.24) is 34.3 Å².